The smallest absolute Gasteiger partial charge is 0.231 e. The second kappa shape index (κ2) is 6.83. The van der Waals surface area contributed by atoms with Gasteiger partial charge in [0.25, 0.3) is 0 Å². The standard InChI is InChI=1S/C16H15N7OS/c24-7-6-18-14-13-15(23(10-19-13)12-3-8-25-9-12)22-16(21-14)20-11-1-4-17-5-2-11/h1-5,8-10,24H,6-7H2,(H2,17,18,20,21,22). The number of imidazole rings is 1. The summed E-state index contributed by atoms with van der Waals surface area (Å²) in [6.07, 6.45) is 5.12. The van der Waals surface area contributed by atoms with Crippen molar-refractivity contribution in [2.45, 2.75) is 0 Å². The molecule has 0 aliphatic heterocycles. The number of nitrogens with zero attached hydrogens (tertiary/aromatic N) is 5. The average Bonchev–Trinajstić information content (AvgIpc) is 3.29. The van der Waals surface area contributed by atoms with E-state index in [9.17, 15) is 0 Å². The molecule has 0 saturated heterocycles. The van der Waals surface area contributed by atoms with Gasteiger partial charge >= 0.3 is 0 Å². The lowest BCUT2D eigenvalue weighted by atomic mass is 10.4. The Labute approximate surface area is 147 Å². The maximum Gasteiger partial charge on any atom is 0.231 e. The highest BCUT2D eigenvalue weighted by Crippen LogP contribution is 2.25. The van der Waals surface area contributed by atoms with Gasteiger partial charge in [-0.1, -0.05) is 0 Å². The second-order valence-electron chi connectivity index (χ2n) is 5.18. The lowest BCUT2D eigenvalue weighted by Crippen LogP contribution is -2.10. The number of aliphatic hydroxyl groups excluding tert-OH is 1. The van der Waals surface area contributed by atoms with Gasteiger partial charge in [0.1, 0.15) is 6.33 Å². The maximum atomic E-state index is 9.11. The van der Waals surface area contributed by atoms with Crippen molar-refractivity contribution in [3.8, 4) is 5.69 Å². The van der Waals surface area contributed by atoms with E-state index in [4.69, 9.17) is 5.11 Å². The minimum atomic E-state index is 0.00382. The fraction of sp³-hybridized carbons (Fsp3) is 0.125. The molecule has 25 heavy (non-hydrogen) atoms. The summed E-state index contributed by atoms with van der Waals surface area (Å²) in [6.45, 7) is 0.385. The molecule has 4 aromatic rings. The van der Waals surface area contributed by atoms with Gasteiger partial charge in [0, 0.05) is 30.0 Å². The quantitative estimate of drug-likeness (QED) is 0.489. The number of pyridine rings is 1. The molecule has 0 radical (unpaired) electrons. The SMILES string of the molecule is OCCNc1nc(Nc2ccncc2)nc2c1ncn2-c1ccsc1. The molecule has 4 rings (SSSR count). The van der Waals surface area contributed by atoms with Gasteiger partial charge in [0.05, 0.1) is 12.3 Å². The molecular weight excluding hydrogens is 338 g/mol. The van der Waals surface area contributed by atoms with Crippen LogP contribution in [0.1, 0.15) is 0 Å². The van der Waals surface area contributed by atoms with Crippen molar-refractivity contribution in [1.82, 2.24) is 24.5 Å². The van der Waals surface area contributed by atoms with Crippen LogP contribution in [-0.4, -0.2) is 42.8 Å². The van der Waals surface area contributed by atoms with E-state index in [0.717, 1.165) is 11.4 Å². The zero-order valence-electron chi connectivity index (χ0n) is 13.1. The Kier molecular flexibility index (Phi) is 4.23. The molecule has 0 amide bonds. The van der Waals surface area contributed by atoms with Crippen LogP contribution in [0.15, 0.2) is 47.7 Å². The second-order valence-corrected chi connectivity index (χ2v) is 5.96. The third kappa shape index (κ3) is 3.14. The van der Waals surface area contributed by atoms with Crippen LogP contribution in [0.4, 0.5) is 17.5 Å². The van der Waals surface area contributed by atoms with Crippen molar-refractivity contribution in [2.75, 3.05) is 23.8 Å². The molecule has 8 nitrogen and oxygen atoms in total. The topological polar surface area (TPSA) is 101 Å². The number of hydrogen-bond donors (Lipinski definition) is 3. The zero-order chi connectivity index (χ0) is 17.1. The normalized spacial score (nSPS) is 10.9. The van der Waals surface area contributed by atoms with Gasteiger partial charge in [0.15, 0.2) is 17.0 Å². The molecule has 0 aliphatic rings. The van der Waals surface area contributed by atoms with Gasteiger partial charge in [-0.05, 0) is 23.6 Å². The number of fused-ring (bicyclic) bond motifs is 1. The first-order valence-corrected chi connectivity index (χ1v) is 8.59. The van der Waals surface area contributed by atoms with Crippen LogP contribution in [0.5, 0.6) is 0 Å². The van der Waals surface area contributed by atoms with Crippen molar-refractivity contribution in [3.05, 3.63) is 47.7 Å². The first-order chi connectivity index (χ1) is 12.3. The van der Waals surface area contributed by atoms with Crippen LogP contribution in [0.25, 0.3) is 16.9 Å². The molecule has 4 heterocycles. The molecule has 0 bridgehead atoms. The Balaban J connectivity index is 1.81. The summed E-state index contributed by atoms with van der Waals surface area (Å²) < 4.78 is 1.91. The largest absolute Gasteiger partial charge is 0.395 e. The maximum absolute atomic E-state index is 9.11. The number of aliphatic hydroxyl groups is 1. The van der Waals surface area contributed by atoms with Crippen molar-refractivity contribution >= 4 is 40.0 Å². The third-order valence-electron chi connectivity index (χ3n) is 3.52. The van der Waals surface area contributed by atoms with Gasteiger partial charge in [-0.3, -0.25) is 9.55 Å². The fourth-order valence-corrected chi connectivity index (χ4v) is 3.03. The van der Waals surface area contributed by atoms with Crippen LogP contribution in [0.3, 0.4) is 0 Å². The molecule has 0 atom stereocenters. The number of rotatable bonds is 6. The number of thiophene rings is 1. The van der Waals surface area contributed by atoms with E-state index >= 15 is 0 Å². The van der Waals surface area contributed by atoms with Crippen molar-refractivity contribution < 1.29 is 5.11 Å². The molecule has 0 spiro atoms. The van der Waals surface area contributed by atoms with E-state index in [2.05, 4.69) is 30.6 Å². The van der Waals surface area contributed by atoms with Crippen LogP contribution in [0.2, 0.25) is 0 Å². The monoisotopic (exact) mass is 353 g/mol. The number of aromatic nitrogens is 5. The van der Waals surface area contributed by atoms with Crippen molar-refractivity contribution in [1.29, 1.82) is 0 Å². The van der Waals surface area contributed by atoms with Crippen LogP contribution < -0.4 is 10.6 Å². The van der Waals surface area contributed by atoms with E-state index in [0.29, 0.717) is 29.5 Å². The predicted octanol–water partition coefficient (Wildman–Crippen LogP) is 2.42. The number of anilines is 3. The van der Waals surface area contributed by atoms with Crippen LogP contribution in [-0.2, 0) is 0 Å². The summed E-state index contributed by atoms with van der Waals surface area (Å²) >= 11 is 1.61. The first-order valence-electron chi connectivity index (χ1n) is 7.64. The van der Waals surface area contributed by atoms with E-state index in [-0.39, 0.29) is 6.61 Å². The fourth-order valence-electron chi connectivity index (χ4n) is 2.40. The molecule has 0 fully saturated rings. The van der Waals surface area contributed by atoms with Crippen molar-refractivity contribution in [2.24, 2.45) is 0 Å². The average molecular weight is 353 g/mol. The predicted molar refractivity (Wildman–Crippen MR) is 97.6 cm³/mol. The van der Waals surface area contributed by atoms with Crippen LogP contribution >= 0.6 is 11.3 Å². The Morgan fingerprint density at radius 1 is 1.16 bits per heavy atom. The molecule has 0 aromatic carbocycles. The molecule has 4 aromatic heterocycles. The Morgan fingerprint density at radius 2 is 2.04 bits per heavy atom. The summed E-state index contributed by atoms with van der Waals surface area (Å²) in [5.74, 6) is 1.01. The van der Waals surface area contributed by atoms with E-state index in [1.54, 1.807) is 30.1 Å². The Hall–Kier alpha value is -3.04. The first kappa shape index (κ1) is 15.5. The highest BCUT2D eigenvalue weighted by atomic mass is 32.1. The van der Waals surface area contributed by atoms with E-state index in [1.165, 1.54) is 0 Å². The molecular formula is C16H15N7OS. The third-order valence-corrected chi connectivity index (χ3v) is 4.19. The van der Waals surface area contributed by atoms with Gasteiger partial charge < -0.3 is 15.7 Å². The molecule has 0 unspecified atom stereocenters. The highest BCUT2D eigenvalue weighted by molar-refractivity contribution is 7.08. The molecule has 3 N–H and O–H groups in total. The summed E-state index contributed by atoms with van der Waals surface area (Å²) in [6, 6.07) is 5.68. The summed E-state index contributed by atoms with van der Waals surface area (Å²) in [5, 5.41) is 19.4. The minimum Gasteiger partial charge on any atom is -0.395 e. The van der Waals surface area contributed by atoms with Crippen LogP contribution in [0, 0.1) is 0 Å². The molecule has 126 valence electrons. The molecule has 0 saturated carbocycles. The number of hydrogen-bond acceptors (Lipinski definition) is 8. The van der Waals surface area contributed by atoms with Gasteiger partial charge in [-0.25, -0.2) is 4.98 Å². The summed E-state index contributed by atoms with van der Waals surface area (Å²) in [4.78, 5) is 17.5. The summed E-state index contributed by atoms with van der Waals surface area (Å²) in [5.41, 5.74) is 3.17. The summed E-state index contributed by atoms with van der Waals surface area (Å²) in [7, 11) is 0. The molecule has 9 heteroatoms. The van der Waals surface area contributed by atoms with Gasteiger partial charge in [0.2, 0.25) is 5.95 Å². The lowest BCUT2D eigenvalue weighted by molar-refractivity contribution is 0.311. The molecule has 0 aliphatic carbocycles. The highest BCUT2D eigenvalue weighted by Gasteiger charge is 2.14. The lowest BCUT2D eigenvalue weighted by Gasteiger charge is -2.09. The number of nitrogens with one attached hydrogen (secondary N) is 2. The minimum absolute atomic E-state index is 0.00382. The van der Waals surface area contributed by atoms with E-state index in [1.807, 2.05) is 33.5 Å². The Bertz CT molecular complexity index is 969. The Morgan fingerprint density at radius 3 is 2.80 bits per heavy atom. The van der Waals surface area contributed by atoms with Crippen molar-refractivity contribution in [3.63, 3.8) is 0 Å². The van der Waals surface area contributed by atoms with E-state index < -0.39 is 0 Å². The van der Waals surface area contributed by atoms with Gasteiger partial charge in [-0.15, -0.1) is 0 Å². The zero-order valence-corrected chi connectivity index (χ0v) is 13.9. The van der Waals surface area contributed by atoms with Gasteiger partial charge in [-0.2, -0.15) is 21.3 Å².